The maximum absolute atomic E-state index is 12.8. The highest BCUT2D eigenvalue weighted by Crippen LogP contribution is 2.32. The Balaban J connectivity index is 1.52. The minimum atomic E-state index is -1.24. The number of H-pyrrole nitrogens is 1. The number of halogens is 1. The van der Waals surface area contributed by atoms with Crippen molar-refractivity contribution in [2.45, 2.75) is 38.8 Å². The minimum absolute atomic E-state index is 0.0150. The number of benzene rings is 2. The van der Waals surface area contributed by atoms with E-state index < -0.39 is 29.6 Å². The fraction of sp³-hybridized carbons (Fsp3) is 0.240. The molecule has 10 heteroatoms. The summed E-state index contributed by atoms with van der Waals surface area (Å²) in [7, 11) is 0. The number of phenolic OH excluding ortho intramolecular Hbond substituents is 1. The van der Waals surface area contributed by atoms with Gasteiger partial charge in [0, 0.05) is 41.0 Å². The van der Waals surface area contributed by atoms with Crippen LogP contribution in [0.3, 0.4) is 0 Å². The minimum Gasteiger partial charge on any atom is -0.508 e. The molecule has 2 heterocycles. The first-order valence-corrected chi connectivity index (χ1v) is 11.3. The van der Waals surface area contributed by atoms with Crippen molar-refractivity contribution in [3.8, 4) is 11.5 Å². The lowest BCUT2D eigenvalue weighted by Gasteiger charge is -2.19. The smallest absolute Gasteiger partial charge is 0.336 e. The van der Waals surface area contributed by atoms with E-state index in [-0.39, 0.29) is 28.5 Å². The van der Waals surface area contributed by atoms with E-state index in [0.717, 1.165) is 11.1 Å². The second-order valence-corrected chi connectivity index (χ2v) is 8.54. The van der Waals surface area contributed by atoms with Crippen LogP contribution in [-0.2, 0) is 22.4 Å². The third-order valence-corrected chi connectivity index (χ3v) is 6.02. The van der Waals surface area contributed by atoms with Crippen LogP contribution in [-0.4, -0.2) is 39.2 Å². The van der Waals surface area contributed by atoms with Gasteiger partial charge in [-0.05, 0) is 48.7 Å². The Bertz CT molecular complexity index is 1490. The largest absolute Gasteiger partial charge is 0.508 e. The maximum Gasteiger partial charge on any atom is 0.336 e. The number of aromatic hydroxyl groups is 1. The number of phenols is 1. The summed E-state index contributed by atoms with van der Waals surface area (Å²) >= 11 is 6.35. The Kier molecular flexibility index (Phi) is 6.70. The van der Waals surface area contributed by atoms with Gasteiger partial charge in [-0.25, -0.2) is 9.59 Å². The van der Waals surface area contributed by atoms with E-state index in [2.05, 4.69) is 10.3 Å². The van der Waals surface area contributed by atoms with Gasteiger partial charge in [-0.2, -0.15) is 0 Å². The van der Waals surface area contributed by atoms with Crippen molar-refractivity contribution >= 4 is 45.3 Å². The van der Waals surface area contributed by atoms with Gasteiger partial charge in [0.2, 0.25) is 0 Å². The Morgan fingerprint density at radius 1 is 1.17 bits per heavy atom. The number of hydrogen-bond donors (Lipinski definition) is 4. The first-order chi connectivity index (χ1) is 16.7. The number of fused-ring (bicyclic) bond motifs is 2. The number of rotatable bonds is 8. The monoisotopic (exact) mass is 498 g/mol. The number of carboxylic acid groups (broad SMARTS) is 1. The Morgan fingerprint density at radius 2 is 1.94 bits per heavy atom. The molecule has 1 amide bonds. The molecule has 2 aromatic carbocycles. The molecular formula is C25H23ClN2O7. The zero-order valence-electron chi connectivity index (χ0n) is 18.9. The number of ether oxygens (including phenoxy) is 1. The predicted molar refractivity (Wildman–Crippen MR) is 130 cm³/mol. The molecule has 0 saturated carbocycles. The molecule has 0 bridgehead atoms. The second-order valence-electron chi connectivity index (χ2n) is 8.13. The number of aryl methyl sites for hydroxylation is 1. The van der Waals surface area contributed by atoms with Crippen LogP contribution in [0.15, 0.2) is 51.8 Å². The van der Waals surface area contributed by atoms with Gasteiger partial charge in [0.25, 0.3) is 5.91 Å². The summed E-state index contributed by atoms with van der Waals surface area (Å²) in [4.78, 5) is 39.5. The van der Waals surface area contributed by atoms with Crippen molar-refractivity contribution < 1.29 is 29.0 Å². The molecule has 182 valence electrons. The predicted octanol–water partition coefficient (Wildman–Crippen LogP) is 3.78. The molecule has 0 spiro atoms. The molecule has 0 aliphatic heterocycles. The summed E-state index contributed by atoms with van der Waals surface area (Å²) in [6.45, 7) is 3.36. The normalized spacial score (nSPS) is 13.0. The lowest BCUT2D eigenvalue weighted by Crippen LogP contribution is -2.47. The highest BCUT2D eigenvalue weighted by molar-refractivity contribution is 6.32. The highest BCUT2D eigenvalue weighted by atomic mass is 35.5. The maximum atomic E-state index is 12.8. The van der Waals surface area contributed by atoms with Gasteiger partial charge in [0.15, 0.2) is 6.10 Å². The van der Waals surface area contributed by atoms with Gasteiger partial charge in [0.05, 0.1) is 5.02 Å². The van der Waals surface area contributed by atoms with Crippen molar-refractivity contribution in [2.24, 2.45) is 0 Å². The van der Waals surface area contributed by atoms with E-state index in [4.69, 9.17) is 20.8 Å². The molecule has 2 atom stereocenters. The molecule has 9 nitrogen and oxygen atoms in total. The average Bonchev–Trinajstić information content (AvgIpc) is 3.20. The molecule has 35 heavy (non-hydrogen) atoms. The van der Waals surface area contributed by atoms with Crippen LogP contribution in [0.25, 0.3) is 21.9 Å². The van der Waals surface area contributed by atoms with E-state index in [0.29, 0.717) is 22.8 Å². The lowest BCUT2D eigenvalue weighted by atomic mass is 10.0. The topological polar surface area (TPSA) is 142 Å². The van der Waals surface area contributed by atoms with Crippen LogP contribution in [0.1, 0.15) is 25.0 Å². The van der Waals surface area contributed by atoms with Crippen LogP contribution in [0, 0.1) is 0 Å². The standard InChI is InChI=1S/C25H23ClN2O7/c1-3-13-7-23(30)35-21-10-22(18(26)9-17(13)21)34-12(2)24(31)28-20(25(32)33)6-14-11-27-19-5-4-15(29)8-16(14)19/h4-5,7-12,20,27,29H,3,6H2,1-2H3,(H,28,31)(H,32,33)/t12-,20-/m0/s1. The van der Waals surface area contributed by atoms with Crippen molar-refractivity contribution in [3.63, 3.8) is 0 Å². The number of nitrogens with one attached hydrogen (secondary N) is 2. The van der Waals surface area contributed by atoms with E-state index in [1.165, 1.54) is 31.2 Å². The van der Waals surface area contributed by atoms with Gasteiger partial charge < -0.3 is 29.7 Å². The second kappa shape index (κ2) is 9.71. The Labute approximate surface area is 204 Å². The molecule has 4 N–H and O–H groups in total. The number of hydrogen-bond acceptors (Lipinski definition) is 6. The molecule has 2 aromatic heterocycles. The zero-order valence-corrected chi connectivity index (χ0v) is 19.7. The molecule has 0 saturated heterocycles. The molecule has 0 fully saturated rings. The third-order valence-electron chi connectivity index (χ3n) is 5.73. The van der Waals surface area contributed by atoms with Crippen LogP contribution >= 0.6 is 11.6 Å². The van der Waals surface area contributed by atoms with Crippen LogP contribution in [0.4, 0.5) is 0 Å². The van der Waals surface area contributed by atoms with E-state index in [1.807, 2.05) is 6.92 Å². The molecule has 0 aliphatic rings. The number of aliphatic carboxylic acids is 1. The lowest BCUT2D eigenvalue weighted by molar-refractivity contribution is -0.142. The van der Waals surface area contributed by atoms with Crippen molar-refractivity contribution in [1.82, 2.24) is 10.3 Å². The molecular weight excluding hydrogens is 476 g/mol. The molecule has 4 rings (SSSR count). The number of aromatic nitrogens is 1. The number of carboxylic acids is 1. The number of amides is 1. The van der Waals surface area contributed by atoms with E-state index in [9.17, 15) is 24.6 Å². The Hall–Kier alpha value is -3.98. The van der Waals surface area contributed by atoms with E-state index in [1.54, 1.807) is 18.3 Å². The summed E-state index contributed by atoms with van der Waals surface area (Å²) in [6.07, 6.45) is 1.13. The van der Waals surface area contributed by atoms with Crippen LogP contribution < -0.4 is 15.7 Å². The quantitative estimate of drug-likeness (QED) is 0.271. The van der Waals surface area contributed by atoms with Gasteiger partial charge >= 0.3 is 11.6 Å². The summed E-state index contributed by atoms with van der Waals surface area (Å²) in [5.41, 5.74) is 1.88. The van der Waals surface area contributed by atoms with Crippen molar-refractivity contribution in [1.29, 1.82) is 0 Å². The van der Waals surface area contributed by atoms with E-state index >= 15 is 0 Å². The fourth-order valence-electron chi connectivity index (χ4n) is 3.90. The highest BCUT2D eigenvalue weighted by Gasteiger charge is 2.26. The number of aromatic amines is 1. The molecule has 0 aliphatic carbocycles. The molecule has 0 radical (unpaired) electrons. The first-order valence-electron chi connectivity index (χ1n) is 10.9. The first kappa shape index (κ1) is 24.2. The third kappa shape index (κ3) is 5.09. The summed E-state index contributed by atoms with van der Waals surface area (Å²) in [5.74, 6) is -1.72. The summed E-state index contributed by atoms with van der Waals surface area (Å²) in [6, 6.07) is 7.92. The van der Waals surface area contributed by atoms with Gasteiger partial charge in [-0.15, -0.1) is 0 Å². The summed E-state index contributed by atoms with van der Waals surface area (Å²) in [5, 5.41) is 23.5. The van der Waals surface area contributed by atoms with Crippen LogP contribution in [0.5, 0.6) is 11.5 Å². The van der Waals surface area contributed by atoms with Gasteiger partial charge in [0.1, 0.15) is 23.1 Å². The number of carbonyl (C=O) groups excluding carboxylic acids is 1. The number of carbonyl (C=O) groups is 2. The van der Waals surface area contributed by atoms with Crippen LogP contribution in [0.2, 0.25) is 5.02 Å². The average molecular weight is 499 g/mol. The van der Waals surface area contributed by atoms with Crippen molar-refractivity contribution in [2.75, 3.05) is 0 Å². The Morgan fingerprint density at radius 3 is 2.66 bits per heavy atom. The fourth-order valence-corrected chi connectivity index (χ4v) is 4.11. The zero-order chi connectivity index (χ0) is 25.3. The summed E-state index contributed by atoms with van der Waals surface area (Å²) < 4.78 is 10.9. The molecule has 4 aromatic rings. The van der Waals surface area contributed by atoms with Gasteiger partial charge in [-0.3, -0.25) is 4.79 Å². The SMILES string of the molecule is CCc1cc(=O)oc2cc(O[C@@H](C)C(=O)N[C@@H](Cc3c[nH]c4ccc(O)cc34)C(=O)O)c(Cl)cc12. The van der Waals surface area contributed by atoms with Gasteiger partial charge in [-0.1, -0.05) is 18.5 Å². The van der Waals surface area contributed by atoms with Crippen molar-refractivity contribution in [3.05, 3.63) is 69.2 Å². The molecule has 0 unspecified atom stereocenters.